The Balaban J connectivity index is 1.91. The van der Waals surface area contributed by atoms with Crippen LogP contribution in [0, 0.1) is 17.7 Å². The van der Waals surface area contributed by atoms with E-state index in [4.69, 9.17) is 17.3 Å². The van der Waals surface area contributed by atoms with Crippen LogP contribution in [0.3, 0.4) is 0 Å². The summed E-state index contributed by atoms with van der Waals surface area (Å²) >= 11 is 5.78. The molecule has 0 atom stereocenters. The summed E-state index contributed by atoms with van der Waals surface area (Å²) in [5.74, 6) is -0.166. The summed E-state index contributed by atoms with van der Waals surface area (Å²) in [4.78, 5) is -0.464. The number of sulfonamides is 1. The topological polar surface area (TPSA) is 72.2 Å². The molecule has 1 aromatic rings. The minimum atomic E-state index is -3.93. The highest BCUT2D eigenvalue weighted by Gasteiger charge is 2.43. The first-order valence-corrected chi connectivity index (χ1v) is 8.51. The molecule has 0 bridgehead atoms. The van der Waals surface area contributed by atoms with Crippen LogP contribution in [0.1, 0.15) is 25.7 Å². The summed E-state index contributed by atoms with van der Waals surface area (Å²) in [5, 5.41) is 0.110. The molecule has 3 rings (SSSR count). The van der Waals surface area contributed by atoms with Crippen LogP contribution < -0.4 is 10.5 Å². The molecule has 0 aromatic heterocycles. The fourth-order valence-electron chi connectivity index (χ4n) is 2.51. The monoisotopic (exact) mass is 318 g/mol. The number of hydrogen-bond donors (Lipinski definition) is 2. The van der Waals surface area contributed by atoms with Crippen LogP contribution >= 0.6 is 11.6 Å². The van der Waals surface area contributed by atoms with Gasteiger partial charge in [-0.05, 0) is 49.7 Å². The SMILES string of the molecule is Nc1cc(Cl)cc(S(=O)(=O)NC(C2CC2)C2CC2)c1F. The number of anilines is 1. The van der Waals surface area contributed by atoms with Crippen molar-refractivity contribution >= 4 is 27.3 Å². The Labute approximate surface area is 122 Å². The van der Waals surface area contributed by atoms with E-state index in [1.54, 1.807) is 0 Å². The summed E-state index contributed by atoms with van der Waals surface area (Å²) < 4.78 is 41.3. The summed E-state index contributed by atoms with van der Waals surface area (Å²) in [6.45, 7) is 0. The number of rotatable bonds is 5. The Morgan fingerprint density at radius 3 is 2.30 bits per heavy atom. The standard InChI is InChI=1S/C13H16ClFN2O2S/c14-9-5-10(16)12(15)11(6-9)20(18,19)17-13(7-1-2-7)8-3-4-8/h5-8,13,17H,1-4,16H2. The molecule has 20 heavy (non-hydrogen) atoms. The lowest BCUT2D eigenvalue weighted by molar-refractivity contribution is 0.468. The van der Waals surface area contributed by atoms with Crippen molar-refractivity contribution in [2.24, 2.45) is 11.8 Å². The summed E-state index contributed by atoms with van der Waals surface area (Å²) in [6.07, 6.45) is 4.13. The van der Waals surface area contributed by atoms with Crippen molar-refractivity contribution in [3.8, 4) is 0 Å². The van der Waals surface area contributed by atoms with Gasteiger partial charge in [0.1, 0.15) is 4.90 Å². The smallest absolute Gasteiger partial charge is 0.243 e. The number of halogens is 2. The molecule has 3 N–H and O–H groups in total. The molecule has 2 saturated carbocycles. The average molecular weight is 319 g/mol. The van der Waals surface area contributed by atoms with Crippen molar-refractivity contribution < 1.29 is 12.8 Å². The molecule has 2 fully saturated rings. The number of benzene rings is 1. The van der Waals surface area contributed by atoms with E-state index in [2.05, 4.69) is 4.72 Å². The Hall–Kier alpha value is -0.850. The van der Waals surface area contributed by atoms with E-state index in [1.807, 2.05) is 0 Å². The second kappa shape index (κ2) is 4.86. The van der Waals surface area contributed by atoms with E-state index in [0.717, 1.165) is 31.7 Å². The van der Waals surface area contributed by atoms with Gasteiger partial charge >= 0.3 is 0 Å². The Morgan fingerprint density at radius 2 is 1.80 bits per heavy atom. The van der Waals surface area contributed by atoms with Crippen molar-refractivity contribution in [1.82, 2.24) is 4.72 Å². The first-order valence-electron chi connectivity index (χ1n) is 6.65. The van der Waals surface area contributed by atoms with Crippen molar-refractivity contribution in [3.05, 3.63) is 23.0 Å². The van der Waals surface area contributed by atoms with Crippen LogP contribution in [-0.2, 0) is 10.0 Å². The van der Waals surface area contributed by atoms with Crippen LogP contribution in [0.4, 0.5) is 10.1 Å². The van der Waals surface area contributed by atoms with Gasteiger partial charge in [-0.2, -0.15) is 0 Å². The van der Waals surface area contributed by atoms with Gasteiger partial charge in [-0.3, -0.25) is 0 Å². The van der Waals surface area contributed by atoms with Crippen molar-refractivity contribution in [2.75, 3.05) is 5.73 Å². The van der Waals surface area contributed by atoms with Gasteiger partial charge in [-0.25, -0.2) is 17.5 Å². The van der Waals surface area contributed by atoms with E-state index >= 15 is 0 Å². The van der Waals surface area contributed by atoms with Crippen LogP contribution in [0.15, 0.2) is 17.0 Å². The van der Waals surface area contributed by atoms with E-state index in [0.29, 0.717) is 11.8 Å². The highest BCUT2D eigenvalue weighted by molar-refractivity contribution is 7.89. The maximum atomic E-state index is 14.0. The largest absolute Gasteiger partial charge is 0.396 e. The number of hydrogen-bond acceptors (Lipinski definition) is 3. The van der Waals surface area contributed by atoms with Gasteiger partial charge in [0, 0.05) is 11.1 Å². The van der Waals surface area contributed by atoms with Gasteiger partial charge in [-0.15, -0.1) is 0 Å². The van der Waals surface area contributed by atoms with Gasteiger partial charge in [0.05, 0.1) is 5.69 Å². The Morgan fingerprint density at radius 1 is 1.25 bits per heavy atom. The highest BCUT2D eigenvalue weighted by atomic mass is 35.5. The maximum Gasteiger partial charge on any atom is 0.243 e. The molecule has 4 nitrogen and oxygen atoms in total. The molecule has 1 aromatic carbocycles. The fraction of sp³-hybridized carbons (Fsp3) is 0.538. The molecule has 0 unspecified atom stereocenters. The lowest BCUT2D eigenvalue weighted by Gasteiger charge is -2.18. The molecule has 0 radical (unpaired) electrons. The molecule has 0 saturated heterocycles. The van der Waals surface area contributed by atoms with Crippen molar-refractivity contribution in [1.29, 1.82) is 0 Å². The molecular formula is C13H16ClFN2O2S. The molecular weight excluding hydrogens is 303 g/mol. The molecule has 110 valence electrons. The van der Waals surface area contributed by atoms with Gasteiger partial charge in [-0.1, -0.05) is 11.6 Å². The van der Waals surface area contributed by atoms with E-state index in [-0.39, 0.29) is 16.8 Å². The number of nitrogens with one attached hydrogen (secondary N) is 1. The molecule has 7 heteroatoms. The lowest BCUT2D eigenvalue weighted by atomic mass is 10.1. The normalized spacial score (nSPS) is 19.6. The minimum absolute atomic E-state index is 0.0837. The van der Waals surface area contributed by atoms with E-state index in [1.165, 1.54) is 6.07 Å². The third-order valence-electron chi connectivity index (χ3n) is 3.87. The molecule has 2 aliphatic carbocycles. The molecule has 0 aliphatic heterocycles. The minimum Gasteiger partial charge on any atom is -0.396 e. The summed E-state index contributed by atoms with van der Waals surface area (Å²) in [5.41, 5.74) is 5.18. The third kappa shape index (κ3) is 2.77. The van der Waals surface area contributed by atoms with Crippen molar-refractivity contribution in [3.63, 3.8) is 0 Å². The molecule has 0 heterocycles. The average Bonchev–Trinajstić information content (AvgIpc) is 3.24. The zero-order valence-corrected chi connectivity index (χ0v) is 12.3. The quantitative estimate of drug-likeness (QED) is 0.819. The predicted octanol–water partition coefficient (Wildman–Crippen LogP) is 2.53. The predicted molar refractivity (Wildman–Crippen MR) is 75.4 cm³/mol. The van der Waals surface area contributed by atoms with E-state index < -0.39 is 20.7 Å². The van der Waals surface area contributed by atoms with Gasteiger partial charge in [0.25, 0.3) is 0 Å². The zero-order valence-electron chi connectivity index (χ0n) is 10.8. The summed E-state index contributed by atoms with van der Waals surface area (Å²) in [7, 11) is -3.93. The van der Waals surface area contributed by atoms with Crippen LogP contribution in [0.5, 0.6) is 0 Å². The van der Waals surface area contributed by atoms with E-state index in [9.17, 15) is 12.8 Å². The second-order valence-electron chi connectivity index (χ2n) is 5.63. The first kappa shape index (κ1) is 14.1. The van der Waals surface area contributed by atoms with Crippen LogP contribution in [0.2, 0.25) is 5.02 Å². The van der Waals surface area contributed by atoms with Gasteiger partial charge in [0.15, 0.2) is 5.82 Å². The van der Waals surface area contributed by atoms with Crippen LogP contribution in [0.25, 0.3) is 0 Å². The van der Waals surface area contributed by atoms with Crippen LogP contribution in [-0.4, -0.2) is 14.5 Å². The van der Waals surface area contributed by atoms with Gasteiger partial charge < -0.3 is 5.73 Å². The first-order chi connectivity index (χ1) is 9.38. The molecule has 0 spiro atoms. The fourth-order valence-corrected chi connectivity index (χ4v) is 4.31. The van der Waals surface area contributed by atoms with Gasteiger partial charge in [0.2, 0.25) is 10.0 Å². The second-order valence-corrected chi connectivity index (χ2v) is 7.75. The number of nitrogens with two attached hydrogens (primary N) is 1. The maximum absolute atomic E-state index is 14.0. The number of nitrogen functional groups attached to an aromatic ring is 1. The molecule has 2 aliphatic rings. The lowest BCUT2D eigenvalue weighted by Crippen LogP contribution is -2.38. The Bertz CT molecular complexity index is 630. The van der Waals surface area contributed by atoms with Crippen molar-refractivity contribution in [2.45, 2.75) is 36.6 Å². The highest BCUT2D eigenvalue weighted by Crippen LogP contribution is 2.45. The Kier molecular flexibility index (Phi) is 3.43. The third-order valence-corrected chi connectivity index (χ3v) is 5.55. The zero-order chi connectivity index (χ0) is 14.5. The molecule has 0 amide bonds. The summed E-state index contributed by atoms with van der Waals surface area (Å²) in [6, 6.07) is 2.22.